The molecule has 3 aromatic carbocycles. The van der Waals surface area contributed by atoms with Gasteiger partial charge in [-0.15, -0.1) is 0 Å². The van der Waals surface area contributed by atoms with Gasteiger partial charge in [0.2, 0.25) is 0 Å². The lowest BCUT2D eigenvalue weighted by molar-refractivity contribution is 0.308. The highest BCUT2D eigenvalue weighted by Crippen LogP contribution is 2.39. The number of rotatable bonds is 6. The summed E-state index contributed by atoms with van der Waals surface area (Å²) >= 11 is 0. The van der Waals surface area contributed by atoms with Crippen LogP contribution in [0.1, 0.15) is 68.1 Å². The second kappa shape index (κ2) is 10.9. The van der Waals surface area contributed by atoms with Crippen LogP contribution in [0.3, 0.4) is 0 Å². The lowest BCUT2D eigenvalue weighted by Gasteiger charge is -2.28. The quantitative estimate of drug-likeness (QED) is 0.177. The number of hydrogen-bond acceptors (Lipinski definition) is 0. The lowest BCUT2D eigenvalue weighted by Crippen LogP contribution is -2.13. The molecule has 0 aliphatic heterocycles. The summed E-state index contributed by atoms with van der Waals surface area (Å²) in [6, 6.07) is 7.81. The van der Waals surface area contributed by atoms with Gasteiger partial charge >= 0.3 is 0 Å². The Labute approximate surface area is 205 Å². The van der Waals surface area contributed by atoms with Crippen molar-refractivity contribution in [2.45, 2.75) is 51.4 Å². The summed E-state index contributed by atoms with van der Waals surface area (Å²) in [7, 11) is 0. The third-order valence-corrected chi connectivity index (χ3v) is 6.95. The first-order chi connectivity index (χ1) is 17.2. The van der Waals surface area contributed by atoms with Crippen LogP contribution in [0.15, 0.2) is 48.5 Å². The van der Waals surface area contributed by atoms with Crippen LogP contribution in [0.2, 0.25) is 0 Å². The van der Waals surface area contributed by atoms with E-state index in [1.165, 1.54) is 18.6 Å². The summed E-state index contributed by atoms with van der Waals surface area (Å²) < 4.78 is 99.3. The van der Waals surface area contributed by atoms with Gasteiger partial charge in [0.05, 0.1) is 0 Å². The molecule has 1 fully saturated rings. The topological polar surface area (TPSA) is 0 Å². The highest BCUT2D eigenvalue weighted by molar-refractivity contribution is 5.84. The summed E-state index contributed by atoms with van der Waals surface area (Å²) in [5.74, 6) is -8.89. The molecule has 1 aliphatic rings. The van der Waals surface area contributed by atoms with Crippen molar-refractivity contribution in [2.24, 2.45) is 5.92 Å². The van der Waals surface area contributed by atoms with Gasteiger partial charge in [-0.3, -0.25) is 0 Å². The second-order valence-electron chi connectivity index (χ2n) is 9.32. The van der Waals surface area contributed by atoms with Gasteiger partial charge in [-0.05, 0) is 79.0 Å². The molecule has 190 valence electrons. The van der Waals surface area contributed by atoms with Crippen LogP contribution in [-0.2, 0) is 0 Å². The van der Waals surface area contributed by atoms with Gasteiger partial charge in [0.25, 0.3) is 0 Å². The molecule has 36 heavy (non-hydrogen) atoms. The van der Waals surface area contributed by atoms with Crippen LogP contribution in [0.5, 0.6) is 0 Å². The molecule has 0 aromatic heterocycles. The molecular formula is C29H25F7. The Balaban J connectivity index is 1.57. The number of halogens is 7. The maximum Gasteiger partial charge on any atom is 0.194 e. The van der Waals surface area contributed by atoms with Gasteiger partial charge in [0, 0.05) is 16.7 Å². The fraction of sp³-hybridized carbons (Fsp3) is 0.310. The lowest BCUT2D eigenvalue weighted by atomic mass is 9.77. The van der Waals surface area contributed by atoms with Crippen molar-refractivity contribution < 1.29 is 30.7 Å². The molecule has 1 aliphatic carbocycles. The molecule has 0 amide bonds. The van der Waals surface area contributed by atoms with E-state index in [2.05, 4.69) is 6.92 Å². The minimum absolute atomic E-state index is 0.168. The molecule has 0 bridgehead atoms. The molecule has 4 rings (SSSR count). The summed E-state index contributed by atoms with van der Waals surface area (Å²) in [5, 5.41) is 0. The van der Waals surface area contributed by atoms with Gasteiger partial charge in [-0.1, -0.05) is 38.0 Å². The Morgan fingerprint density at radius 1 is 0.722 bits per heavy atom. The Morgan fingerprint density at radius 2 is 1.39 bits per heavy atom. The van der Waals surface area contributed by atoms with E-state index >= 15 is 0 Å². The molecule has 0 unspecified atom stereocenters. The normalized spacial score (nSPS) is 18.8. The molecule has 0 saturated heterocycles. The second-order valence-corrected chi connectivity index (χ2v) is 9.32. The predicted molar refractivity (Wildman–Crippen MR) is 127 cm³/mol. The molecule has 7 heteroatoms. The predicted octanol–water partition coefficient (Wildman–Crippen LogP) is 9.89. The summed E-state index contributed by atoms with van der Waals surface area (Å²) in [6.07, 6.45) is 6.26. The summed E-state index contributed by atoms with van der Waals surface area (Å²) in [6.45, 7) is 2.15. The largest absolute Gasteiger partial charge is 0.206 e. The zero-order valence-electron chi connectivity index (χ0n) is 19.7. The molecule has 0 nitrogen and oxygen atoms in total. The Kier molecular flexibility index (Phi) is 7.86. The molecule has 3 aromatic rings. The van der Waals surface area contributed by atoms with E-state index in [0.29, 0.717) is 24.1 Å². The van der Waals surface area contributed by atoms with Crippen LogP contribution in [0.25, 0.3) is 22.8 Å². The molecule has 0 heterocycles. The number of hydrogen-bond donors (Lipinski definition) is 0. The third kappa shape index (κ3) is 5.35. The van der Waals surface area contributed by atoms with Gasteiger partial charge < -0.3 is 0 Å². The zero-order chi connectivity index (χ0) is 26.0. The van der Waals surface area contributed by atoms with Crippen molar-refractivity contribution >= 4 is 11.7 Å². The van der Waals surface area contributed by atoms with Crippen LogP contribution >= 0.6 is 0 Å². The smallest absolute Gasteiger partial charge is 0.194 e. The van der Waals surface area contributed by atoms with E-state index in [9.17, 15) is 30.7 Å². The van der Waals surface area contributed by atoms with Crippen molar-refractivity contribution in [3.8, 4) is 11.1 Å². The van der Waals surface area contributed by atoms with Crippen molar-refractivity contribution in [3.05, 3.63) is 94.3 Å². The van der Waals surface area contributed by atoms with Gasteiger partial charge in [0.1, 0.15) is 11.6 Å². The monoisotopic (exact) mass is 506 g/mol. The Bertz CT molecular complexity index is 1260. The minimum Gasteiger partial charge on any atom is -0.206 e. The van der Waals surface area contributed by atoms with E-state index in [0.717, 1.165) is 49.8 Å². The van der Waals surface area contributed by atoms with Crippen molar-refractivity contribution in [2.75, 3.05) is 0 Å². The van der Waals surface area contributed by atoms with Crippen LogP contribution in [-0.4, -0.2) is 0 Å². The Hall–Kier alpha value is -3.09. The third-order valence-electron chi connectivity index (χ3n) is 6.95. The average Bonchev–Trinajstić information content (AvgIpc) is 2.86. The van der Waals surface area contributed by atoms with Gasteiger partial charge in [-0.25, -0.2) is 30.7 Å². The van der Waals surface area contributed by atoms with E-state index in [1.54, 1.807) is 6.07 Å². The van der Waals surface area contributed by atoms with Gasteiger partial charge in [0.15, 0.2) is 29.1 Å². The van der Waals surface area contributed by atoms with E-state index in [-0.39, 0.29) is 17.0 Å². The van der Waals surface area contributed by atoms with E-state index < -0.39 is 51.9 Å². The standard InChI is InChI=1S/C29H25F7/c1-2-3-16-4-6-17(7-5-16)18-8-11-22(24(31)12-18)28(35)27(34)19-9-10-21(23(30)13-19)20-14-25(32)29(36)26(33)15-20/h8-17H,2-7H2,1H3. The number of benzene rings is 3. The highest BCUT2D eigenvalue weighted by Gasteiger charge is 2.24. The molecule has 1 saturated carbocycles. The molecule has 0 radical (unpaired) electrons. The first kappa shape index (κ1) is 26.0. The molecule has 0 atom stereocenters. The van der Waals surface area contributed by atoms with Crippen molar-refractivity contribution in [1.29, 1.82) is 0 Å². The van der Waals surface area contributed by atoms with Crippen molar-refractivity contribution in [1.82, 2.24) is 0 Å². The summed E-state index contributed by atoms with van der Waals surface area (Å²) in [4.78, 5) is 0. The Morgan fingerprint density at radius 3 is 1.97 bits per heavy atom. The van der Waals surface area contributed by atoms with E-state index in [4.69, 9.17) is 0 Å². The van der Waals surface area contributed by atoms with Crippen LogP contribution in [0.4, 0.5) is 30.7 Å². The molecule has 0 spiro atoms. The maximum absolute atomic E-state index is 14.9. The molecular weight excluding hydrogens is 481 g/mol. The van der Waals surface area contributed by atoms with E-state index in [1.807, 2.05) is 0 Å². The minimum atomic E-state index is -1.70. The SMILES string of the molecule is CCCC1CCC(c2ccc(C(F)=C(F)c3ccc(-c4cc(F)c(F)c(F)c4)c(F)c3)c(F)c2)CC1. The molecule has 0 N–H and O–H groups in total. The fourth-order valence-corrected chi connectivity index (χ4v) is 5.00. The average molecular weight is 507 g/mol. The first-order valence-electron chi connectivity index (χ1n) is 12.0. The van der Waals surface area contributed by atoms with Crippen LogP contribution in [0, 0.1) is 35.0 Å². The maximum atomic E-state index is 14.9. The summed E-state index contributed by atoms with van der Waals surface area (Å²) in [5.41, 5.74) is -1.01. The first-order valence-corrected chi connectivity index (χ1v) is 12.0. The highest BCUT2D eigenvalue weighted by atomic mass is 19.2. The fourth-order valence-electron chi connectivity index (χ4n) is 5.00. The van der Waals surface area contributed by atoms with Crippen molar-refractivity contribution in [3.63, 3.8) is 0 Å². The van der Waals surface area contributed by atoms with Crippen LogP contribution < -0.4 is 0 Å². The van der Waals surface area contributed by atoms with Gasteiger partial charge in [-0.2, -0.15) is 0 Å². The zero-order valence-corrected chi connectivity index (χ0v) is 19.7.